The van der Waals surface area contributed by atoms with Crippen LogP contribution in [0.5, 0.6) is 0 Å². The van der Waals surface area contributed by atoms with Crippen molar-refractivity contribution in [2.75, 3.05) is 11.9 Å². The summed E-state index contributed by atoms with van der Waals surface area (Å²) < 4.78 is 39.3. The Kier molecular flexibility index (Phi) is 5.79. The molecule has 0 radical (unpaired) electrons. The Morgan fingerprint density at radius 1 is 1.07 bits per heavy atom. The lowest BCUT2D eigenvalue weighted by Gasteiger charge is -2.18. The standard InChI is InChI=1S/C21H16ClF3N2O2/c1-26(17-5-3-2-4-6-17)19(28)18-11-16(22)13-27(20(18)29)12-14-7-9-15(10-8-14)21(23,24)25/h2-11,13H,12H2,1H3. The molecule has 0 aliphatic carbocycles. The first-order valence-corrected chi connectivity index (χ1v) is 8.94. The van der Waals surface area contributed by atoms with Gasteiger partial charge in [0.2, 0.25) is 0 Å². The lowest BCUT2D eigenvalue weighted by Crippen LogP contribution is -2.34. The predicted molar refractivity (Wildman–Crippen MR) is 105 cm³/mol. The Labute approximate surface area is 169 Å². The molecule has 8 heteroatoms. The van der Waals surface area contributed by atoms with Crippen molar-refractivity contribution in [1.82, 2.24) is 4.57 Å². The van der Waals surface area contributed by atoms with Crippen molar-refractivity contribution >= 4 is 23.2 Å². The molecule has 0 N–H and O–H groups in total. The largest absolute Gasteiger partial charge is 0.416 e. The highest BCUT2D eigenvalue weighted by Crippen LogP contribution is 2.29. The second-order valence-electron chi connectivity index (χ2n) is 6.40. The maximum Gasteiger partial charge on any atom is 0.416 e. The number of rotatable bonds is 4. The molecule has 0 unspecified atom stereocenters. The number of pyridine rings is 1. The number of aromatic nitrogens is 1. The van der Waals surface area contributed by atoms with Gasteiger partial charge in [0, 0.05) is 18.9 Å². The molecule has 0 bridgehead atoms. The number of carbonyl (C=O) groups is 1. The molecule has 1 amide bonds. The van der Waals surface area contributed by atoms with Crippen LogP contribution in [0.15, 0.2) is 71.7 Å². The van der Waals surface area contributed by atoms with Crippen LogP contribution in [0.4, 0.5) is 18.9 Å². The molecule has 0 aliphatic rings. The minimum atomic E-state index is -4.44. The molecule has 0 aliphatic heterocycles. The number of para-hydroxylation sites is 1. The van der Waals surface area contributed by atoms with Gasteiger partial charge in [-0.1, -0.05) is 41.9 Å². The zero-order chi connectivity index (χ0) is 21.2. The predicted octanol–water partition coefficient (Wildman–Crippen LogP) is 4.85. The number of carbonyl (C=O) groups excluding carboxylic acids is 1. The lowest BCUT2D eigenvalue weighted by molar-refractivity contribution is -0.137. The molecule has 2 aromatic carbocycles. The van der Waals surface area contributed by atoms with E-state index in [1.807, 2.05) is 0 Å². The van der Waals surface area contributed by atoms with E-state index in [4.69, 9.17) is 11.6 Å². The van der Waals surface area contributed by atoms with Crippen molar-refractivity contribution in [2.45, 2.75) is 12.7 Å². The average molecular weight is 421 g/mol. The summed E-state index contributed by atoms with van der Waals surface area (Å²) in [6, 6.07) is 14.5. The van der Waals surface area contributed by atoms with E-state index in [2.05, 4.69) is 0 Å². The van der Waals surface area contributed by atoms with Gasteiger partial charge in [-0.15, -0.1) is 0 Å². The Morgan fingerprint density at radius 3 is 2.28 bits per heavy atom. The molecule has 1 aromatic heterocycles. The van der Waals surface area contributed by atoms with Crippen molar-refractivity contribution < 1.29 is 18.0 Å². The molecule has 0 saturated heterocycles. The van der Waals surface area contributed by atoms with Crippen molar-refractivity contribution in [1.29, 1.82) is 0 Å². The third kappa shape index (κ3) is 4.68. The van der Waals surface area contributed by atoms with Crippen molar-refractivity contribution in [2.24, 2.45) is 0 Å². The number of benzene rings is 2. The van der Waals surface area contributed by atoms with Crippen LogP contribution in [0, 0.1) is 0 Å². The highest BCUT2D eigenvalue weighted by Gasteiger charge is 2.30. The van der Waals surface area contributed by atoms with Crippen LogP contribution >= 0.6 is 11.6 Å². The van der Waals surface area contributed by atoms with Gasteiger partial charge in [0.15, 0.2) is 0 Å². The molecule has 0 spiro atoms. The minimum absolute atomic E-state index is 0.0210. The van der Waals surface area contributed by atoms with Gasteiger partial charge in [-0.2, -0.15) is 13.2 Å². The summed E-state index contributed by atoms with van der Waals surface area (Å²) in [4.78, 5) is 26.9. The number of anilines is 1. The van der Waals surface area contributed by atoms with E-state index in [0.717, 1.165) is 12.1 Å². The number of halogens is 4. The Bertz CT molecular complexity index is 1080. The SMILES string of the molecule is CN(C(=O)c1cc(Cl)cn(Cc2ccc(C(F)(F)F)cc2)c1=O)c1ccccc1. The molecule has 0 saturated carbocycles. The normalized spacial score (nSPS) is 11.3. The highest BCUT2D eigenvalue weighted by atomic mass is 35.5. The van der Waals surface area contributed by atoms with E-state index in [-0.39, 0.29) is 17.1 Å². The van der Waals surface area contributed by atoms with E-state index < -0.39 is 23.2 Å². The van der Waals surface area contributed by atoms with Crippen molar-refractivity contribution in [3.05, 3.63) is 98.9 Å². The quantitative estimate of drug-likeness (QED) is 0.605. The van der Waals surface area contributed by atoms with E-state index in [0.29, 0.717) is 11.3 Å². The Balaban J connectivity index is 1.91. The molecular formula is C21H16ClF3N2O2. The van der Waals surface area contributed by atoms with E-state index in [1.165, 1.54) is 40.9 Å². The zero-order valence-electron chi connectivity index (χ0n) is 15.3. The number of amides is 1. The lowest BCUT2D eigenvalue weighted by atomic mass is 10.1. The van der Waals surface area contributed by atoms with Crippen LogP contribution in [-0.2, 0) is 12.7 Å². The van der Waals surface area contributed by atoms with Crippen LogP contribution in [0.1, 0.15) is 21.5 Å². The van der Waals surface area contributed by atoms with Crippen molar-refractivity contribution in [3.63, 3.8) is 0 Å². The smallest absolute Gasteiger partial charge is 0.311 e. The van der Waals surface area contributed by atoms with Crippen LogP contribution in [0.25, 0.3) is 0 Å². The molecule has 29 heavy (non-hydrogen) atoms. The molecular weight excluding hydrogens is 405 g/mol. The maximum absolute atomic E-state index is 12.8. The van der Waals surface area contributed by atoms with Crippen LogP contribution in [0.2, 0.25) is 5.02 Å². The Morgan fingerprint density at radius 2 is 1.69 bits per heavy atom. The average Bonchev–Trinajstić information content (AvgIpc) is 2.69. The van der Waals surface area contributed by atoms with Gasteiger partial charge >= 0.3 is 6.18 Å². The zero-order valence-corrected chi connectivity index (χ0v) is 16.0. The summed E-state index contributed by atoms with van der Waals surface area (Å²) in [7, 11) is 1.54. The van der Waals surface area contributed by atoms with Gasteiger partial charge in [0.05, 0.1) is 17.1 Å². The third-order valence-corrected chi connectivity index (χ3v) is 4.57. The topological polar surface area (TPSA) is 42.3 Å². The van der Waals surface area contributed by atoms with Crippen LogP contribution in [-0.4, -0.2) is 17.5 Å². The maximum atomic E-state index is 12.8. The van der Waals surface area contributed by atoms with Crippen LogP contribution in [0.3, 0.4) is 0 Å². The molecule has 1 heterocycles. The highest BCUT2D eigenvalue weighted by molar-refractivity contribution is 6.30. The fraction of sp³-hybridized carbons (Fsp3) is 0.143. The molecule has 0 fully saturated rings. The molecule has 4 nitrogen and oxygen atoms in total. The van der Waals surface area contributed by atoms with Gasteiger partial charge in [-0.3, -0.25) is 9.59 Å². The summed E-state index contributed by atoms with van der Waals surface area (Å²) in [6.07, 6.45) is -3.09. The first-order valence-electron chi connectivity index (χ1n) is 8.56. The second kappa shape index (κ2) is 8.13. The van der Waals surface area contributed by atoms with Gasteiger partial charge in [0.1, 0.15) is 5.56 Å². The Hall–Kier alpha value is -3.06. The van der Waals surface area contributed by atoms with E-state index >= 15 is 0 Å². The summed E-state index contributed by atoms with van der Waals surface area (Å²) >= 11 is 6.09. The summed E-state index contributed by atoms with van der Waals surface area (Å²) in [5.74, 6) is -0.537. The second-order valence-corrected chi connectivity index (χ2v) is 6.84. The van der Waals surface area contributed by atoms with Gasteiger partial charge in [-0.25, -0.2) is 0 Å². The third-order valence-electron chi connectivity index (χ3n) is 4.37. The number of alkyl halides is 3. The summed E-state index contributed by atoms with van der Waals surface area (Å²) in [5.41, 5.74) is -0.416. The fourth-order valence-corrected chi connectivity index (χ4v) is 3.04. The van der Waals surface area contributed by atoms with E-state index in [9.17, 15) is 22.8 Å². The molecule has 0 atom stereocenters. The van der Waals surface area contributed by atoms with E-state index in [1.54, 1.807) is 30.3 Å². The van der Waals surface area contributed by atoms with Crippen LogP contribution < -0.4 is 10.5 Å². The monoisotopic (exact) mass is 420 g/mol. The van der Waals surface area contributed by atoms with Crippen molar-refractivity contribution in [3.8, 4) is 0 Å². The molecule has 3 aromatic rings. The minimum Gasteiger partial charge on any atom is -0.311 e. The molecule has 150 valence electrons. The van der Waals surface area contributed by atoms with Gasteiger partial charge in [-0.05, 0) is 35.9 Å². The summed E-state index contributed by atoms with van der Waals surface area (Å²) in [5, 5.41) is 0.168. The first kappa shape index (κ1) is 20.7. The fourth-order valence-electron chi connectivity index (χ4n) is 2.82. The summed E-state index contributed by atoms with van der Waals surface area (Å²) in [6.45, 7) is -0.0210. The first-order chi connectivity index (χ1) is 13.7. The number of hydrogen-bond acceptors (Lipinski definition) is 2. The number of nitrogens with zero attached hydrogens (tertiary/aromatic N) is 2. The molecule has 3 rings (SSSR count). The van der Waals surface area contributed by atoms with Gasteiger partial charge < -0.3 is 9.47 Å². The number of hydrogen-bond donors (Lipinski definition) is 0. The van der Waals surface area contributed by atoms with Gasteiger partial charge in [0.25, 0.3) is 11.5 Å².